The molecule has 6 rings (SSSR count). The van der Waals surface area contributed by atoms with Crippen molar-refractivity contribution in [3.05, 3.63) is 131 Å². The second-order valence-corrected chi connectivity index (χ2v) is 8.84. The quantitative estimate of drug-likeness (QED) is 0.270. The Hall–Kier alpha value is -3.35. The van der Waals surface area contributed by atoms with E-state index in [1.165, 1.54) is 38.6 Å². The molecule has 0 heterocycles. The summed E-state index contributed by atoms with van der Waals surface area (Å²) in [6, 6.07) is 39.1. The van der Waals surface area contributed by atoms with E-state index in [4.69, 9.17) is 11.6 Å². The van der Waals surface area contributed by atoms with E-state index in [-0.39, 0.29) is 5.41 Å². The fourth-order valence-corrected chi connectivity index (χ4v) is 5.55. The molecule has 5 aromatic carbocycles. The Morgan fingerprint density at radius 3 is 2.06 bits per heavy atom. The number of benzene rings is 5. The molecule has 1 heteroatoms. The van der Waals surface area contributed by atoms with Crippen LogP contribution < -0.4 is 0 Å². The Labute approximate surface area is 187 Å². The molecular formula is C30H21Cl. The van der Waals surface area contributed by atoms with E-state index in [0.717, 1.165) is 16.1 Å². The van der Waals surface area contributed by atoms with Gasteiger partial charge in [-0.1, -0.05) is 115 Å². The molecule has 0 fully saturated rings. The third kappa shape index (κ3) is 2.62. The lowest BCUT2D eigenvalue weighted by molar-refractivity contribution is 0.720. The highest BCUT2D eigenvalue weighted by atomic mass is 35.5. The molecule has 1 aliphatic rings. The summed E-state index contributed by atoms with van der Waals surface area (Å²) in [7, 11) is 0. The van der Waals surface area contributed by atoms with Gasteiger partial charge < -0.3 is 0 Å². The first kappa shape index (κ1) is 18.4. The van der Waals surface area contributed by atoms with Crippen LogP contribution in [0.4, 0.5) is 0 Å². The average molecular weight is 417 g/mol. The standard InChI is InChI=1S/C30H21Cl/c1-30(22-17-14-21(15-18-22)23-9-5-7-13-28(23)31)27-12-6-4-11-25(27)26-19-16-20-8-2-3-10-24(20)29(26)30/h2-19H,1H3. The molecule has 0 amide bonds. The molecule has 0 nitrogen and oxygen atoms in total. The maximum atomic E-state index is 6.45. The van der Waals surface area contributed by atoms with Gasteiger partial charge in [-0.3, -0.25) is 0 Å². The maximum absolute atomic E-state index is 6.45. The van der Waals surface area contributed by atoms with Crippen LogP contribution in [-0.4, -0.2) is 0 Å². The van der Waals surface area contributed by atoms with Crippen molar-refractivity contribution in [1.82, 2.24) is 0 Å². The largest absolute Gasteiger partial charge is 0.0837 e. The number of rotatable bonds is 2. The van der Waals surface area contributed by atoms with Crippen molar-refractivity contribution in [3.63, 3.8) is 0 Å². The van der Waals surface area contributed by atoms with Gasteiger partial charge in [0.1, 0.15) is 0 Å². The lowest BCUT2D eigenvalue weighted by Crippen LogP contribution is -2.22. The minimum Gasteiger partial charge on any atom is -0.0837 e. The molecule has 0 aromatic heterocycles. The van der Waals surface area contributed by atoms with Gasteiger partial charge in [0.05, 0.1) is 0 Å². The van der Waals surface area contributed by atoms with Gasteiger partial charge >= 0.3 is 0 Å². The third-order valence-corrected chi connectivity index (χ3v) is 7.16. The van der Waals surface area contributed by atoms with Crippen molar-refractivity contribution < 1.29 is 0 Å². The van der Waals surface area contributed by atoms with Gasteiger partial charge in [0, 0.05) is 16.0 Å². The van der Waals surface area contributed by atoms with E-state index in [0.29, 0.717) is 0 Å². The summed E-state index contributed by atoms with van der Waals surface area (Å²) in [4.78, 5) is 0. The van der Waals surface area contributed by atoms with Gasteiger partial charge in [0.25, 0.3) is 0 Å². The Balaban J connectivity index is 1.60. The molecule has 0 saturated carbocycles. The van der Waals surface area contributed by atoms with Gasteiger partial charge in [-0.05, 0) is 57.1 Å². The normalized spacial score (nSPS) is 16.8. The smallest absolute Gasteiger partial charge is 0.0484 e. The van der Waals surface area contributed by atoms with E-state index < -0.39 is 0 Å². The highest BCUT2D eigenvalue weighted by Gasteiger charge is 2.41. The summed E-state index contributed by atoms with van der Waals surface area (Å²) in [6.07, 6.45) is 0. The van der Waals surface area contributed by atoms with Crippen LogP contribution in [-0.2, 0) is 5.41 Å². The number of hydrogen-bond donors (Lipinski definition) is 0. The zero-order valence-electron chi connectivity index (χ0n) is 17.3. The van der Waals surface area contributed by atoms with E-state index >= 15 is 0 Å². The molecule has 0 aliphatic heterocycles. The van der Waals surface area contributed by atoms with Crippen LogP contribution in [0.2, 0.25) is 5.02 Å². The molecular weight excluding hydrogens is 396 g/mol. The molecule has 148 valence electrons. The fraction of sp³-hybridized carbons (Fsp3) is 0.0667. The van der Waals surface area contributed by atoms with Gasteiger partial charge in [-0.2, -0.15) is 0 Å². The van der Waals surface area contributed by atoms with Crippen molar-refractivity contribution in [1.29, 1.82) is 0 Å². The minimum absolute atomic E-state index is 0.216. The molecule has 5 aromatic rings. The van der Waals surface area contributed by atoms with Crippen LogP contribution in [0.15, 0.2) is 109 Å². The van der Waals surface area contributed by atoms with E-state index in [9.17, 15) is 0 Å². The van der Waals surface area contributed by atoms with Crippen LogP contribution in [0.3, 0.4) is 0 Å². The lowest BCUT2D eigenvalue weighted by atomic mass is 9.72. The van der Waals surface area contributed by atoms with Gasteiger partial charge in [-0.15, -0.1) is 0 Å². The summed E-state index contributed by atoms with van der Waals surface area (Å²) in [5, 5.41) is 3.39. The fourth-order valence-electron chi connectivity index (χ4n) is 5.30. The first-order valence-electron chi connectivity index (χ1n) is 10.7. The topological polar surface area (TPSA) is 0 Å². The van der Waals surface area contributed by atoms with Crippen LogP contribution >= 0.6 is 11.6 Å². The molecule has 31 heavy (non-hydrogen) atoms. The summed E-state index contributed by atoms with van der Waals surface area (Å²) in [5.41, 5.74) is 8.73. The second kappa shape index (κ2) is 6.83. The summed E-state index contributed by atoms with van der Waals surface area (Å²) < 4.78 is 0. The predicted octanol–water partition coefficient (Wildman–Crippen LogP) is 8.49. The number of halogens is 1. The molecule has 0 saturated heterocycles. The van der Waals surface area contributed by atoms with Gasteiger partial charge in [0.15, 0.2) is 0 Å². The number of fused-ring (bicyclic) bond motifs is 5. The van der Waals surface area contributed by atoms with Gasteiger partial charge in [0.2, 0.25) is 0 Å². The summed E-state index contributed by atoms with van der Waals surface area (Å²) >= 11 is 6.45. The molecule has 1 unspecified atom stereocenters. The second-order valence-electron chi connectivity index (χ2n) is 8.44. The molecule has 0 spiro atoms. The highest BCUT2D eigenvalue weighted by Crippen LogP contribution is 2.54. The minimum atomic E-state index is -0.216. The molecule has 0 N–H and O–H groups in total. The Bertz CT molecular complexity index is 1450. The zero-order valence-corrected chi connectivity index (χ0v) is 18.0. The van der Waals surface area contributed by atoms with Crippen LogP contribution in [0.5, 0.6) is 0 Å². The summed E-state index contributed by atoms with van der Waals surface area (Å²) in [5.74, 6) is 0. The van der Waals surface area contributed by atoms with Crippen LogP contribution in [0, 0.1) is 0 Å². The van der Waals surface area contributed by atoms with Crippen LogP contribution in [0.1, 0.15) is 23.6 Å². The zero-order chi connectivity index (χ0) is 21.0. The Morgan fingerprint density at radius 2 is 1.26 bits per heavy atom. The SMILES string of the molecule is CC1(c2ccc(-c3ccccc3Cl)cc2)c2ccccc2-c2ccc3ccccc3c21. The number of hydrogen-bond acceptors (Lipinski definition) is 0. The van der Waals surface area contributed by atoms with Gasteiger partial charge in [-0.25, -0.2) is 0 Å². The first-order valence-corrected chi connectivity index (χ1v) is 11.0. The summed E-state index contributed by atoms with van der Waals surface area (Å²) in [6.45, 7) is 2.37. The first-order chi connectivity index (χ1) is 15.2. The van der Waals surface area contributed by atoms with E-state index in [1.807, 2.05) is 18.2 Å². The van der Waals surface area contributed by atoms with Crippen molar-refractivity contribution in [2.75, 3.05) is 0 Å². The van der Waals surface area contributed by atoms with Crippen molar-refractivity contribution in [2.24, 2.45) is 0 Å². The van der Waals surface area contributed by atoms with Crippen LogP contribution in [0.25, 0.3) is 33.0 Å². The molecule has 0 bridgehead atoms. The Kier molecular flexibility index (Phi) is 4.06. The van der Waals surface area contributed by atoms with Crippen molar-refractivity contribution in [2.45, 2.75) is 12.3 Å². The van der Waals surface area contributed by atoms with E-state index in [1.54, 1.807) is 0 Å². The molecule has 0 radical (unpaired) electrons. The Morgan fingerprint density at radius 1 is 0.581 bits per heavy atom. The van der Waals surface area contributed by atoms with Crippen molar-refractivity contribution >= 4 is 22.4 Å². The predicted molar refractivity (Wildman–Crippen MR) is 132 cm³/mol. The third-order valence-electron chi connectivity index (χ3n) is 6.83. The molecule has 1 atom stereocenters. The average Bonchev–Trinajstić information content (AvgIpc) is 3.10. The highest BCUT2D eigenvalue weighted by molar-refractivity contribution is 6.33. The van der Waals surface area contributed by atoms with Crippen molar-refractivity contribution in [3.8, 4) is 22.3 Å². The maximum Gasteiger partial charge on any atom is 0.0484 e. The van der Waals surface area contributed by atoms with E-state index in [2.05, 4.69) is 97.9 Å². The monoisotopic (exact) mass is 416 g/mol. The molecule has 1 aliphatic carbocycles. The lowest BCUT2D eigenvalue weighted by Gasteiger charge is -2.29.